The number of aliphatic imine (C=N–C) groups is 1. The maximum Gasteiger partial charge on any atom is 0.246 e. The van der Waals surface area contributed by atoms with Crippen LogP contribution in [0.15, 0.2) is 54.2 Å². The van der Waals surface area contributed by atoms with Crippen LogP contribution < -0.4 is 16.2 Å². The number of nitrogens with two attached hydrogens (primary N) is 2. The number of pyridine rings is 1. The summed E-state index contributed by atoms with van der Waals surface area (Å²) in [6.07, 6.45) is 3.55. The van der Waals surface area contributed by atoms with Gasteiger partial charge in [0.2, 0.25) is 5.91 Å². The molecule has 1 aromatic carbocycles. The van der Waals surface area contributed by atoms with Gasteiger partial charge in [-0.15, -0.1) is 0 Å². The zero-order chi connectivity index (χ0) is 19.4. The summed E-state index contributed by atoms with van der Waals surface area (Å²) < 4.78 is 5.89. The van der Waals surface area contributed by atoms with Crippen LogP contribution >= 0.6 is 11.6 Å². The Morgan fingerprint density at radius 1 is 1.37 bits per heavy atom. The number of anilines is 1. The first-order chi connectivity index (χ1) is 13.0. The highest BCUT2D eigenvalue weighted by molar-refractivity contribution is 6.30. The number of nitrogen functional groups attached to an aromatic ring is 1. The number of benzene rings is 1. The fraction of sp³-hybridized carbons (Fsp3) is 0.211. The Morgan fingerprint density at radius 2 is 2.11 bits per heavy atom. The zero-order valence-electron chi connectivity index (χ0n) is 14.6. The average molecular weight is 386 g/mol. The van der Waals surface area contributed by atoms with Crippen LogP contribution in [0, 0.1) is 0 Å². The van der Waals surface area contributed by atoms with Crippen LogP contribution in [-0.2, 0) is 4.79 Å². The Bertz CT molecular complexity index is 882. The molecule has 2 aromatic rings. The van der Waals surface area contributed by atoms with Crippen LogP contribution in [0.2, 0.25) is 5.02 Å². The second-order valence-electron chi connectivity index (χ2n) is 6.07. The molecular formula is C19H20ClN5O2. The second kappa shape index (κ2) is 8.09. The van der Waals surface area contributed by atoms with E-state index in [1.807, 2.05) is 0 Å². The monoisotopic (exact) mass is 385 g/mol. The summed E-state index contributed by atoms with van der Waals surface area (Å²) in [4.78, 5) is 22.0. The van der Waals surface area contributed by atoms with Gasteiger partial charge in [-0.3, -0.25) is 9.79 Å². The average Bonchev–Trinajstić information content (AvgIpc) is 3.11. The molecule has 1 aromatic heterocycles. The molecule has 1 fully saturated rings. The number of halogens is 1. The van der Waals surface area contributed by atoms with E-state index in [4.69, 9.17) is 27.8 Å². The molecule has 4 N–H and O–H groups in total. The summed E-state index contributed by atoms with van der Waals surface area (Å²) in [6.45, 7) is 4.61. The number of amides is 1. The Labute approximate surface area is 162 Å². The normalized spacial score (nSPS) is 17.0. The van der Waals surface area contributed by atoms with Crippen molar-refractivity contribution in [3.05, 3.63) is 59.8 Å². The van der Waals surface area contributed by atoms with E-state index in [0.29, 0.717) is 41.6 Å². The molecule has 140 valence electrons. The van der Waals surface area contributed by atoms with Gasteiger partial charge >= 0.3 is 0 Å². The molecule has 0 radical (unpaired) electrons. The molecule has 1 atom stereocenters. The zero-order valence-corrected chi connectivity index (χ0v) is 15.4. The van der Waals surface area contributed by atoms with E-state index < -0.39 is 0 Å². The maximum atomic E-state index is 11.7. The van der Waals surface area contributed by atoms with Gasteiger partial charge in [0.05, 0.1) is 6.04 Å². The number of nitrogens with zero attached hydrogens (tertiary/aromatic N) is 3. The summed E-state index contributed by atoms with van der Waals surface area (Å²) in [5.74, 6) is 1.37. The number of aromatic nitrogens is 1. The van der Waals surface area contributed by atoms with Crippen molar-refractivity contribution in [2.75, 3.05) is 18.8 Å². The Morgan fingerprint density at radius 3 is 2.81 bits per heavy atom. The van der Waals surface area contributed by atoms with E-state index in [0.717, 1.165) is 0 Å². The minimum absolute atomic E-state index is 0.112. The molecule has 2 heterocycles. The largest absolute Gasteiger partial charge is 0.456 e. The lowest BCUT2D eigenvalue weighted by Gasteiger charge is -2.14. The van der Waals surface area contributed by atoms with Crippen LogP contribution in [0.4, 0.5) is 5.82 Å². The second-order valence-corrected chi connectivity index (χ2v) is 6.51. The van der Waals surface area contributed by atoms with Crippen LogP contribution in [0.1, 0.15) is 12.0 Å². The molecule has 0 saturated carbocycles. The fourth-order valence-electron chi connectivity index (χ4n) is 2.87. The van der Waals surface area contributed by atoms with Crippen molar-refractivity contribution < 1.29 is 9.53 Å². The molecule has 0 aliphatic carbocycles. The lowest BCUT2D eigenvalue weighted by atomic mass is 10.2. The van der Waals surface area contributed by atoms with Crippen LogP contribution in [0.5, 0.6) is 11.5 Å². The van der Waals surface area contributed by atoms with Crippen molar-refractivity contribution in [3.63, 3.8) is 0 Å². The topological polar surface area (TPSA) is 107 Å². The van der Waals surface area contributed by atoms with Crippen molar-refractivity contribution >= 4 is 29.2 Å². The van der Waals surface area contributed by atoms with Gasteiger partial charge in [0, 0.05) is 30.4 Å². The van der Waals surface area contributed by atoms with Crippen molar-refractivity contribution in [2.24, 2.45) is 10.7 Å². The number of amidine groups is 1. The third-order valence-electron chi connectivity index (χ3n) is 4.21. The summed E-state index contributed by atoms with van der Waals surface area (Å²) in [7, 11) is 0. The molecule has 1 unspecified atom stereocenters. The molecule has 0 spiro atoms. The van der Waals surface area contributed by atoms with Crippen molar-refractivity contribution in [1.82, 2.24) is 9.88 Å². The summed E-state index contributed by atoms with van der Waals surface area (Å²) in [5, 5.41) is 0.609. The van der Waals surface area contributed by atoms with Crippen LogP contribution in [0.3, 0.4) is 0 Å². The number of likely N-dealkylation sites (tertiary alicyclic amines) is 1. The summed E-state index contributed by atoms with van der Waals surface area (Å²) >= 11 is 5.90. The minimum atomic E-state index is -0.114. The van der Waals surface area contributed by atoms with Crippen LogP contribution in [-0.4, -0.2) is 40.8 Å². The summed E-state index contributed by atoms with van der Waals surface area (Å²) in [5.41, 5.74) is 12.7. The predicted octanol–water partition coefficient (Wildman–Crippen LogP) is 2.60. The van der Waals surface area contributed by atoms with E-state index in [2.05, 4.69) is 16.6 Å². The SMILES string of the molecule is C=CC(=O)N1CCC(N=C(N)c2c(Oc3ccc(Cl)cc3)ccnc2N)C1. The first-order valence-corrected chi connectivity index (χ1v) is 8.78. The van der Waals surface area contributed by atoms with E-state index in [1.165, 1.54) is 12.3 Å². The number of rotatable bonds is 5. The Hall–Kier alpha value is -3.06. The number of hydrogen-bond donors (Lipinski definition) is 2. The molecule has 1 aliphatic rings. The number of carbonyl (C=O) groups excluding carboxylic acids is 1. The van der Waals surface area contributed by atoms with Gasteiger partial charge in [0.25, 0.3) is 0 Å². The van der Waals surface area contributed by atoms with Crippen molar-refractivity contribution in [3.8, 4) is 11.5 Å². The van der Waals surface area contributed by atoms with Gasteiger partial charge in [-0.1, -0.05) is 18.2 Å². The first-order valence-electron chi connectivity index (χ1n) is 8.41. The maximum absolute atomic E-state index is 11.7. The molecule has 1 aliphatic heterocycles. The quantitative estimate of drug-likeness (QED) is 0.467. The van der Waals surface area contributed by atoms with E-state index in [1.54, 1.807) is 35.2 Å². The third-order valence-corrected chi connectivity index (χ3v) is 4.46. The van der Waals surface area contributed by atoms with E-state index in [-0.39, 0.29) is 23.6 Å². The van der Waals surface area contributed by atoms with E-state index in [9.17, 15) is 4.79 Å². The number of hydrogen-bond acceptors (Lipinski definition) is 5. The highest BCUT2D eigenvalue weighted by Crippen LogP contribution is 2.29. The Balaban J connectivity index is 1.84. The van der Waals surface area contributed by atoms with Gasteiger partial charge in [-0.25, -0.2) is 4.98 Å². The van der Waals surface area contributed by atoms with Gasteiger partial charge in [0.15, 0.2) is 0 Å². The third kappa shape index (κ3) is 4.38. The molecular weight excluding hydrogens is 366 g/mol. The molecule has 1 amide bonds. The lowest BCUT2D eigenvalue weighted by molar-refractivity contribution is -0.125. The minimum Gasteiger partial charge on any atom is -0.456 e. The molecule has 1 saturated heterocycles. The standard InChI is InChI=1S/C19H20ClN5O2/c1-2-16(26)25-10-8-13(11-25)24-19(22)17-15(7-9-23-18(17)21)27-14-5-3-12(20)4-6-14/h2-7,9,13H,1,8,10-11H2,(H2,21,23)(H2,22,24). The highest BCUT2D eigenvalue weighted by Gasteiger charge is 2.25. The number of carbonyl (C=O) groups is 1. The van der Waals surface area contributed by atoms with Crippen molar-refractivity contribution in [2.45, 2.75) is 12.5 Å². The molecule has 3 rings (SSSR count). The van der Waals surface area contributed by atoms with Gasteiger partial charge in [-0.2, -0.15) is 0 Å². The van der Waals surface area contributed by atoms with Gasteiger partial charge in [0.1, 0.15) is 28.7 Å². The van der Waals surface area contributed by atoms with Crippen molar-refractivity contribution in [1.29, 1.82) is 0 Å². The van der Waals surface area contributed by atoms with Gasteiger partial charge < -0.3 is 21.1 Å². The molecule has 7 nitrogen and oxygen atoms in total. The Kier molecular flexibility index (Phi) is 5.61. The number of ether oxygens (including phenoxy) is 1. The summed E-state index contributed by atoms with van der Waals surface area (Å²) in [6, 6.07) is 8.49. The van der Waals surface area contributed by atoms with E-state index >= 15 is 0 Å². The highest BCUT2D eigenvalue weighted by atomic mass is 35.5. The predicted molar refractivity (Wildman–Crippen MR) is 106 cm³/mol. The smallest absolute Gasteiger partial charge is 0.246 e. The lowest BCUT2D eigenvalue weighted by Crippen LogP contribution is -2.28. The van der Waals surface area contributed by atoms with Gasteiger partial charge in [-0.05, 0) is 36.8 Å². The molecule has 0 bridgehead atoms. The fourth-order valence-corrected chi connectivity index (χ4v) is 3.00. The van der Waals surface area contributed by atoms with Crippen LogP contribution in [0.25, 0.3) is 0 Å². The molecule has 8 heteroatoms. The first kappa shape index (κ1) is 18.7. The molecule has 27 heavy (non-hydrogen) atoms.